The first-order valence-corrected chi connectivity index (χ1v) is 6.96. The molecule has 1 heterocycles. The van der Waals surface area contributed by atoms with Crippen molar-refractivity contribution in [1.29, 1.82) is 0 Å². The highest BCUT2D eigenvalue weighted by Gasteiger charge is 2.25. The van der Waals surface area contributed by atoms with Crippen LogP contribution in [0.15, 0.2) is 48.5 Å². The maximum atomic E-state index is 13.5. The largest absolute Gasteiger partial charge is 0.492 e. The van der Waals surface area contributed by atoms with Gasteiger partial charge in [-0.25, -0.2) is 4.39 Å². The maximum Gasteiger partial charge on any atom is 0.227 e. The van der Waals surface area contributed by atoms with Crippen molar-refractivity contribution in [2.24, 2.45) is 5.92 Å². The number of ether oxygens (including phenoxy) is 1. The average Bonchev–Trinajstić information content (AvgIpc) is 2.53. The van der Waals surface area contributed by atoms with Gasteiger partial charge in [-0.15, -0.1) is 0 Å². The molecule has 1 aliphatic rings. The van der Waals surface area contributed by atoms with E-state index in [2.05, 4.69) is 5.32 Å². The summed E-state index contributed by atoms with van der Waals surface area (Å²) >= 11 is 0. The molecule has 108 valence electrons. The Kier molecular flexibility index (Phi) is 3.86. The molecule has 0 aliphatic carbocycles. The normalized spacial score (nSPS) is 16.7. The van der Waals surface area contributed by atoms with Crippen LogP contribution in [-0.4, -0.2) is 12.5 Å². The summed E-state index contributed by atoms with van der Waals surface area (Å²) in [5.74, 6) is 0.207. The molecule has 0 radical (unpaired) electrons. The Morgan fingerprint density at radius 1 is 1.19 bits per heavy atom. The predicted octanol–water partition coefficient (Wildman–Crippen LogP) is 2.69. The Labute approximate surface area is 122 Å². The summed E-state index contributed by atoms with van der Waals surface area (Å²) in [6, 6.07) is 14.2. The fourth-order valence-corrected chi connectivity index (χ4v) is 2.46. The van der Waals surface area contributed by atoms with E-state index in [-0.39, 0.29) is 24.2 Å². The number of fused-ring (bicyclic) bond motifs is 1. The zero-order valence-corrected chi connectivity index (χ0v) is 11.5. The minimum Gasteiger partial charge on any atom is -0.492 e. The number of amides is 1. The van der Waals surface area contributed by atoms with Crippen molar-refractivity contribution in [3.05, 3.63) is 65.5 Å². The quantitative estimate of drug-likeness (QED) is 0.941. The van der Waals surface area contributed by atoms with Crippen molar-refractivity contribution < 1.29 is 13.9 Å². The molecule has 21 heavy (non-hydrogen) atoms. The van der Waals surface area contributed by atoms with Crippen LogP contribution in [0.3, 0.4) is 0 Å². The van der Waals surface area contributed by atoms with Crippen LogP contribution in [0.5, 0.6) is 5.75 Å². The summed E-state index contributed by atoms with van der Waals surface area (Å²) in [5, 5.41) is 2.78. The van der Waals surface area contributed by atoms with Gasteiger partial charge in [0, 0.05) is 12.1 Å². The SMILES string of the molecule is O=C(NCc1ccccc1F)[C@@H]1COc2ccccc2C1. The summed E-state index contributed by atoms with van der Waals surface area (Å²) < 4.78 is 19.1. The van der Waals surface area contributed by atoms with Gasteiger partial charge in [0.25, 0.3) is 0 Å². The fourth-order valence-electron chi connectivity index (χ4n) is 2.46. The zero-order valence-electron chi connectivity index (χ0n) is 11.5. The summed E-state index contributed by atoms with van der Waals surface area (Å²) in [5.41, 5.74) is 1.53. The molecule has 0 unspecified atom stereocenters. The van der Waals surface area contributed by atoms with E-state index in [0.29, 0.717) is 18.6 Å². The number of carbonyl (C=O) groups is 1. The third kappa shape index (κ3) is 3.05. The third-order valence-corrected chi connectivity index (χ3v) is 3.66. The molecule has 1 aliphatic heterocycles. The molecule has 0 fully saturated rings. The van der Waals surface area contributed by atoms with Gasteiger partial charge in [0.05, 0.1) is 5.92 Å². The molecular formula is C17H16FNO2. The van der Waals surface area contributed by atoms with Gasteiger partial charge in [0.1, 0.15) is 18.2 Å². The van der Waals surface area contributed by atoms with E-state index in [1.54, 1.807) is 18.2 Å². The topological polar surface area (TPSA) is 38.3 Å². The molecule has 1 amide bonds. The van der Waals surface area contributed by atoms with Crippen LogP contribution >= 0.6 is 0 Å². The molecule has 0 aromatic heterocycles. The second-order valence-corrected chi connectivity index (χ2v) is 5.13. The van der Waals surface area contributed by atoms with E-state index in [0.717, 1.165) is 11.3 Å². The number of benzene rings is 2. The van der Waals surface area contributed by atoms with Gasteiger partial charge >= 0.3 is 0 Å². The van der Waals surface area contributed by atoms with E-state index in [4.69, 9.17) is 4.74 Å². The van der Waals surface area contributed by atoms with Gasteiger partial charge in [-0.2, -0.15) is 0 Å². The van der Waals surface area contributed by atoms with Crippen molar-refractivity contribution >= 4 is 5.91 Å². The molecular weight excluding hydrogens is 269 g/mol. The molecule has 3 rings (SSSR count). The molecule has 1 atom stereocenters. The third-order valence-electron chi connectivity index (χ3n) is 3.66. The summed E-state index contributed by atoms with van der Waals surface area (Å²) in [6.45, 7) is 0.559. The Hall–Kier alpha value is -2.36. The minimum atomic E-state index is -0.303. The van der Waals surface area contributed by atoms with E-state index in [1.165, 1.54) is 6.07 Å². The first-order valence-electron chi connectivity index (χ1n) is 6.96. The predicted molar refractivity (Wildman–Crippen MR) is 77.4 cm³/mol. The van der Waals surface area contributed by atoms with Crippen LogP contribution in [0.2, 0.25) is 0 Å². The van der Waals surface area contributed by atoms with Crippen molar-refractivity contribution in [1.82, 2.24) is 5.32 Å². The minimum absolute atomic E-state index is 0.104. The standard InChI is InChI=1S/C17H16FNO2/c18-15-7-3-1-6-13(15)10-19-17(20)14-9-12-5-2-4-8-16(12)21-11-14/h1-8,14H,9-11H2,(H,19,20)/t14-/m0/s1. The lowest BCUT2D eigenvalue weighted by atomic mass is 9.96. The van der Waals surface area contributed by atoms with Gasteiger partial charge in [-0.05, 0) is 24.1 Å². The highest BCUT2D eigenvalue weighted by molar-refractivity contribution is 5.79. The van der Waals surface area contributed by atoms with Crippen molar-refractivity contribution in [3.8, 4) is 5.75 Å². The number of rotatable bonds is 3. The molecule has 2 aromatic rings. The van der Waals surface area contributed by atoms with Gasteiger partial charge in [0.2, 0.25) is 5.91 Å². The second-order valence-electron chi connectivity index (χ2n) is 5.13. The van der Waals surface area contributed by atoms with Gasteiger partial charge < -0.3 is 10.1 Å². The molecule has 4 heteroatoms. The van der Waals surface area contributed by atoms with Gasteiger partial charge in [0.15, 0.2) is 0 Å². The average molecular weight is 285 g/mol. The van der Waals surface area contributed by atoms with Gasteiger partial charge in [-0.1, -0.05) is 36.4 Å². The Morgan fingerprint density at radius 3 is 2.81 bits per heavy atom. The maximum absolute atomic E-state index is 13.5. The Morgan fingerprint density at radius 2 is 1.95 bits per heavy atom. The lowest BCUT2D eigenvalue weighted by Crippen LogP contribution is -2.37. The second kappa shape index (κ2) is 5.95. The van der Waals surface area contributed by atoms with Crippen LogP contribution < -0.4 is 10.1 Å². The highest BCUT2D eigenvalue weighted by Crippen LogP contribution is 2.26. The fraction of sp³-hybridized carbons (Fsp3) is 0.235. The summed E-state index contributed by atoms with van der Waals surface area (Å²) in [6.07, 6.45) is 0.652. The molecule has 2 aromatic carbocycles. The number of para-hydroxylation sites is 1. The summed E-state index contributed by atoms with van der Waals surface area (Å²) in [7, 11) is 0. The lowest BCUT2D eigenvalue weighted by molar-refractivity contribution is -0.126. The van der Waals surface area contributed by atoms with E-state index < -0.39 is 0 Å². The van der Waals surface area contributed by atoms with Crippen LogP contribution in [0.25, 0.3) is 0 Å². The van der Waals surface area contributed by atoms with Gasteiger partial charge in [-0.3, -0.25) is 4.79 Å². The Bertz CT molecular complexity index is 657. The number of carbonyl (C=O) groups excluding carboxylic acids is 1. The van der Waals surface area contributed by atoms with E-state index in [9.17, 15) is 9.18 Å². The highest BCUT2D eigenvalue weighted by atomic mass is 19.1. The van der Waals surface area contributed by atoms with Crippen LogP contribution in [0.1, 0.15) is 11.1 Å². The molecule has 1 N–H and O–H groups in total. The Balaban J connectivity index is 1.61. The number of hydrogen-bond donors (Lipinski definition) is 1. The van der Waals surface area contributed by atoms with Crippen molar-refractivity contribution in [3.63, 3.8) is 0 Å². The first-order chi connectivity index (χ1) is 10.2. The molecule has 0 saturated carbocycles. The molecule has 3 nitrogen and oxygen atoms in total. The van der Waals surface area contributed by atoms with E-state index in [1.807, 2.05) is 24.3 Å². The smallest absolute Gasteiger partial charge is 0.227 e. The molecule has 0 spiro atoms. The molecule has 0 bridgehead atoms. The van der Waals surface area contributed by atoms with Crippen LogP contribution in [0.4, 0.5) is 4.39 Å². The number of hydrogen-bond acceptors (Lipinski definition) is 2. The first kappa shape index (κ1) is 13.6. The van der Waals surface area contributed by atoms with Crippen molar-refractivity contribution in [2.45, 2.75) is 13.0 Å². The summed E-state index contributed by atoms with van der Waals surface area (Å²) in [4.78, 5) is 12.2. The number of halogens is 1. The van der Waals surface area contributed by atoms with E-state index >= 15 is 0 Å². The monoisotopic (exact) mass is 285 g/mol. The molecule has 0 saturated heterocycles. The zero-order chi connectivity index (χ0) is 14.7. The lowest BCUT2D eigenvalue weighted by Gasteiger charge is -2.24. The van der Waals surface area contributed by atoms with Crippen LogP contribution in [-0.2, 0) is 17.8 Å². The van der Waals surface area contributed by atoms with Crippen LogP contribution in [0, 0.1) is 11.7 Å². The number of nitrogens with one attached hydrogen (secondary N) is 1. The van der Waals surface area contributed by atoms with Crippen molar-refractivity contribution in [2.75, 3.05) is 6.61 Å².